The normalized spacial score (nSPS) is 21.9. The zero-order valence-electron chi connectivity index (χ0n) is 21.2. The van der Waals surface area contributed by atoms with Crippen molar-refractivity contribution in [3.63, 3.8) is 0 Å². The summed E-state index contributed by atoms with van der Waals surface area (Å²) in [4.78, 5) is 17.1. The molecule has 1 spiro atoms. The van der Waals surface area contributed by atoms with Crippen LogP contribution in [-0.2, 0) is 11.2 Å². The fourth-order valence-corrected chi connectivity index (χ4v) is 5.67. The minimum Gasteiger partial charge on any atom is -0.490 e. The first kappa shape index (κ1) is 26.3. The van der Waals surface area contributed by atoms with Crippen molar-refractivity contribution in [1.82, 2.24) is 9.80 Å². The number of carbonyl (C=O) groups excluding carboxylic acids is 1. The smallest absolute Gasteiger partial charge is 0.257 e. The summed E-state index contributed by atoms with van der Waals surface area (Å²) in [5, 5.41) is 20.9. The van der Waals surface area contributed by atoms with E-state index in [4.69, 9.17) is 25.8 Å². The van der Waals surface area contributed by atoms with Crippen LogP contribution >= 0.6 is 11.6 Å². The Morgan fingerprint density at radius 1 is 1.22 bits per heavy atom. The minimum absolute atomic E-state index is 0.0915. The lowest BCUT2D eigenvalue weighted by Crippen LogP contribution is -2.49. The molecule has 0 saturated carbocycles. The quantitative estimate of drug-likeness (QED) is 0.568. The van der Waals surface area contributed by atoms with Crippen LogP contribution in [0.5, 0.6) is 11.5 Å². The highest BCUT2D eigenvalue weighted by Gasteiger charge is 2.42. The van der Waals surface area contributed by atoms with E-state index in [1.165, 1.54) is 5.56 Å². The molecule has 5 rings (SSSR count). The second-order valence-electron chi connectivity index (χ2n) is 10.4. The predicted molar refractivity (Wildman–Crippen MR) is 140 cm³/mol. The molecule has 2 N–H and O–H groups in total. The number of halogens is 1. The van der Waals surface area contributed by atoms with Crippen LogP contribution in [0.2, 0.25) is 5.02 Å². The Kier molecular flexibility index (Phi) is 7.93. The second kappa shape index (κ2) is 11.2. The molecule has 37 heavy (non-hydrogen) atoms. The van der Waals surface area contributed by atoms with Gasteiger partial charge in [-0.1, -0.05) is 17.7 Å². The van der Waals surface area contributed by atoms with Crippen LogP contribution in [0.15, 0.2) is 36.4 Å². The molecule has 0 bridgehead atoms. The van der Waals surface area contributed by atoms with Crippen molar-refractivity contribution in [3.05, 3.63) is 58.1 Å². The van der Waals surface area contributed by atoms with Crippen LogP contribution in [0.1, 0.15) is 34.3 Å². The number of aliphatic hydroxyl groups excluding tert-OH is 2. The fourth-order valence-electron chi connectivity index (χ4n) is 5.47. The third kappa shape index (κ3) is 6.04. The highest BCUT2D eigenvalue weighted by Crippen LogP contribution is 2.42. The molecular weight excluding hydrogens is 496 g/mol. The first-order chi connectivity index (χ1) is 17.8. The number of ether oxygens (including phenoxy) is 3. The van der Waals surface area contributed by atoms with Crippen molar-refractivity contribution in [2.24, 2.45) is 0 Å². The van der Waals surface area contributed by atoms with Crippen LogP contribution in [-0.4, -0.2) is 96.3 Å². The summed E-state index contributed by atoms with van der Waals surface area (Å²) in [6, 6.07) is 11.3. The van der Waals surface area contributed by atoms with Gasteiger partial charge in [0.15, 0.2) is 0 Å². The van der Waals surface area contributed by atoms with Gasteiger partial charge in [-0.05, 0) is 48.4 Å². The number of carbonyl (C=O) groups is 1. The average molecular weight is 531 g/mol. The van der Waals surface area contributed by atoms with Crippen molar-refractivity contribution in [1.29, 1.82) is 0 Å². The SMILES string of the molecule is Cc1ccc(C(=O)N2CCOC(CO)C2)c(OC[C@@H](O)CN2CCC3(CC2)Cc2cc(Cl)ccc2O3)c1. The molecule has 0 aliphatic carbocycles. The lowest BCUT2D eigenvalue weighted by Gasteiger charge is -2.39. The fraction of sp³-hybridized carbons (Fsp3) is 0.536. The van der Waals surface area contributed by atoms with Crippen molar-refractivity contribution in [3.8, 4) is 11.5 Å². The summed E-state index contributed by atoms with van der Waals surface area (Å²) >= 11 is 6.15. The predicted octanol–water partition coefficient (Wildman–Crippen LogP) is 2.69. The maximum absolute atomic E-state index is 13.2. The molecule has 0 radical (unpaired) electrons. The zero-order valence-corrected chi connectivity index (χ0v) is 22.0. The molecule has 3 aliphatic heterocycles. The van der Waals surface area contributed by atoms with Crippen molar-refractivity contribution in [2.45, 2.75) is 44.0 Å². The Morgan fingerprint density at radius 3 is 2.81 bits per heavy atom. The monoisotopic (exact) mass is 530 g/mol. The molecule has 2 atom stereocenters. The van der Waals surface area contributed by atoms with E-state index in [9.17, 15) is 15.0 Å². The van der Waals surface area contributed by atoms with Gasteiger partial charge in [-0.15, -0.1) is 0 Å². The molecule has 200 valence electrons. The van der Waals surface area contributed by atoms with E-state index in [1.807, 2.05) is 37.3 Å². The molecule has 3 heterocycles. The Bertz CT molecular complexity index is 1120. The minimum atomic E-state index is -0.694. The van der Waals surface area contributed by atoms with Gasteiger partial charge in [-0.3, -0.25) is 4.79 Å². The number of piperidine rings is 1. The van der Waals surface area contributed by atoms with E-state index in [1.54, 1.807) is 11.0 Å². The molecule has 3 aliphatic rings. The van der Waals surface area contributed by atoms with Gasteiger partial charge in [0.1, 0.15) is 29.8 Å². The third-order valence-electron chi connectivity index (χ3n) is 7.53. The van der Waals surface area contributed by atoms with Gasteiger partial charge in [-0.2, -0.15) is 0 Å². The first-order valence-electron chi connectivity index (χ1n) is 13.0. The Hall–Kier alpha value is -2.36. The van der Waals surface area contributed by atoms with Gasteiger partial charge >= 0.3 is 0 Å². The van der Waals surface area contributed by atoms with E-state index in [0.717, 1.165) is 48.7 Å². The number of hydrogen-bond acceptors (Lipinski definition) is 7. The second-order valence-corrected chi connectivity index (χ2v) is 10.8. The molecule has 9 heteroatoms. The van der Waals surface area contributed by atoms with E-state index >= 15 is 0 Å². The van der Waals surface area contributed by atoms with Crippen LogP contribution in [0.3, 0.4) is 0 Å². The molecule has 1 unspecified atom stereocenters. The summed E-state index contributed by atoms with van der Waals surface area (Å²) in [6.07, 6.45) is 1.57. The van der Waals surface area contributed by atoms with Crippen LogP contribution in [0.4, 0.5) is 0 Å². The maximum atomic E-state index is 13.2. The van der Waals surface area contributed by atoms with E-state index < -0.39 is 6.10 Å². The maximum Gasteiger partial charge on any atom is 0.257 e. The zero-order chi connectivity index (χ0) is 26.0. The van der Waals surface area contributed by atoms with E-state index in [-0.39, 0.29) is 30.8 Å². The first-order valence-corrected chi connectivity index (χ1v) is 13.3. The Morgan fingerprint density at radius 2 is 2.03 bits per heavy atom. The van der Waals surface area contributed by atoms with Crippen molar-refractivity contribution in [2.75, 3.05) is 52.5 Å². The van der Waals surface area contributed by atoms with Gasteiger partial charge in [0.05, 0.1) is 24.9 Å². The highest BCUT2D eigenvalue weighted by molar-refractivity contribution is 6.30. The molecular formula is C28H35ClN2O6. The van der Waals surface area contributed by atoms with E-state index in [2.05, 4.69) is 4.90 Å². The lowest BCUT2D eigenvalue weighted by molar-refractivity contribution is -0.0448. The number of aliphatic hydroxyl groups is 2. The van der Waals surface area contributed by atoms with Gasteiger partial charge < -0.3 is 34.2 Å². The third-order valence-corrected chi connectivity index (χ3v) is 7.76. The topological polar surface area (TPSA) is 91.7 Å². The molecule has 8 nitrogen and oxygen atoms in total. The molecule has 2 aromatic rings. The molecule has 2 fully saturated rings. The number of rotatable bonds is 7. The number of aryl methyl sites for hydroxylation is 1. The van der Waals surface area contributed by atoms with Gasteiger partial charge in [0, 0.05) is 57.0 Å². The number of nitrogens with zero attached hydrogens (tertiary/aromatic N) is 2. The summed E-state index contributed by atoms with van der Waals surface area (Å²) in [6.45, 7) is 5.24. The highest BCUT2D eigenvalue weighted by atomic mass is 35.5. The van der Waals surface area contributed by atoms with Crippen LogP contribution in [0.25, 0.3) is 0 Å². The van der Waals surface area contributed by atoms with E-state index in [0.29, 0.717) is 37.6 Å². The molecule has 1 amide bonds. The van der Waals surface area contributed by atoms with Crippen molar-refractivity contribution >= 4 is 17.5 Å². The van der Waals surface area contributed by atoms with Gasteiger partial charge in [0.25, 0.3) is 5.91 Å². The number of morpholine rings is 1. The number of β-amino-alcohol motifs (C(OH)–C–C–N with tert-alkyl or cyclic N) is 1. The molecule has 2 aromatic carbocycles. The molecule has 0 aromatic heterocycles. The molecule has 2 saturated heterocycles. The van der Waals surface area contributed by atoms with Crippen LogP contribution < -0.4 is 9.47 Å². The lowest BCUT2D eigenvalue weighted by atomic mass is 9.87. The number of hydrogen-bond donors (Lipinski definition) is 2. The largest absolute Gasteiger partial charge is 0.490 e. The Labute approximate surface area is 222 Å². The number of fused-ring (bicyclic) bond motifs is 1. The number of benzene rings is 2. The Balaban J connectivity index is 1.14. The van der Waals surface area contributed by atoms with Gasteiger partial charge in [-0.25, -0.2) is 0 Å². The van der Waals surface area contributed by atoms with Crippen LogP contribution in [0, 0.1) is 6.92 Å². The summed E-state index contributed by atoms with van der Waals surface area (Å²) in [5.74, 6) is 1.23. The summed E-state index contributed by atoms with van der Waals surface area (Å²) in [5.41, 5.74) is 2.41. The number of likely N-dealkylation sites (tertiary alicyclic amines) is 1. The number of amides is 1. The average Bonchev–Trinajstić information content (AvgIpc) is 3.25. The van der Waals surface area contributed by atoms with Crippen molar-refractivity contribution < 1.29 is 29.2 Å². The summed E-state index contributed by atoms with van der Waals surface area (Å²) in [7, 11) is 0. The standard InChI is InChI=1S/C28H35ClN2O6/c1-19-2-4-24(27(34)31-10-11-35-23(16-31)17-32)26(12-19)36-18-22(33)15-30-8-6-28(7-9-30)14-20-13-21(29)3-5-25(20)37-28/h2-5,12-13,22-23,32-33H,6-11,14-18H2,1H3/t22-,23?/m0/s1. The van der Waals surface area contributed by atoms with Gasteiger partial charge in [0.2, 0.25) is 0 Å². The summed E-state index contributed by atoms with van der Waals surface area (Å²) < 4.78 is 17.8.